The second kappa shape index (κ2) is 7.60. The first kappa shape index (κ1) is 21.5. The zero-order valence-corrected chi connectivity index (χ0v) is 19.7. The van der Waals surface area contributed by atoms with Gasteiger partial charge in [-0.1, -0.05) is 63.2 Å². The van der Waals surface area contributed by atoms with Gasteiger partial charge in [0.05, 0.1) is 0 Å². The van der Waals surface area contributed by atoms with Crippen LogP contribution < -0.4 is 5.32 Å². The van der Waals surface area contributed by atoms with E-state index >= 15 is 0 Å². The first-order valence-corrected chi connectivity index (χ1v) is 12.2. The van der Waals surface area contributed by atoms with Crippen LogP contribution in [0.25, 0.3) is 10.8 Å². The lowest BCUT2D eigenvalue weighted by molar-refractivity contribution is -0.133. The molecule has 4 nitrogen and oxygen atoms in total. The number of fused-ring (bicyclic) bond motifs is 3. The number of nitrogens with zero attached hydrogens (tertiary/aromatic N) is 1. The van der Waals surface area contributed by atoms with Crippen LogP contribution in [0.3, 0.4) is 0 Å². The Kier molecular flexibility index (Phi) is 5.11. The molecule has 0 spiro atoms. The summed E-state index contributed by atoms with van der Waals surface area (Å²) < 4.78 is 0. The number of amides is 2. The quantitative estimate of drug-likeness (QED) is 0.703. The van der Waals surface area contributed by atoms with Crippen LogP contribution >= 0.6 is 0 Å². The van der Waals surface area contributed by atoms with Gasteiger partial charge in [0.15, 0.2) is 0 Å². The van der Waals surface area contributed by atoms with E-state index in [0.717, 1.165) is 32.2 Å². The summed E-state index contributed by atoms with van der Waals surface area (Å²) in [4.78, 5) is 27.8. The summed E-state index contributed by atoms with van der Waals surface area (Å²) in [6, 6.07) is 15.3. The van der Waals surface area contributed by atoms with Crippen LogP contribution in [0.1, 0.15) is 71.3 Å². The van der Waals surface area contributed by atoms with Crippen molar-refractivity contribution >= 4 is 22.6 Å². The number of carbonyl (C=O) groups is 2. The van der Waals surface area contributed by atoms with Gasteiger partial charge < -0.3 is 10.2 Å². The van der Waals surface area contributed by atoms with Crippen LogP contribution in [-0.2, 0) is 16.0 Å². The molecule has 1 saturated carbocycles. The molecule has 0 radical (unpaired) electrons. The molecule has 2 amide bonds. The highest BCUT2D eigenvalue weighted by molar-refractivity contribution is 5.83. The van der Waals surface area contributed by atoms with E-state index in [0.29, 0.717) is 30.7 Å². The standard InChI is InChI=1S/C28H36N2O2/c1-26(2)16-23-17-27(3,18-26)19-30(23)25(32)11-13-28(12-10-24(31)29-28)15-20-8-9-21-6-4-5-7-22(21)14-20/h4-9,14,23H,10-13,15-19H2,1-3H3,(H,29,31)/t23-,27-,28+/m0/s1. The van der Waals surface area contributed by atoms with Crippen molar-refractivity contribution in [3.05, 3.63) is 48.0 Å². The molecule has 32 heavy (non-hydrogen) atoms. The van der Waals surface area contributed by atoms with Crippen LogP contribution in [-0.4, -0.2) is 34.8 Å². The van der Waals surface area contributed by atoms with E-state index in [1.54, 1.807) is 0 Å². The van der Waals surface area contributed by atoms with Crippen molar-refractivity contribution in [2.24, 2.45) is 10.8 Å². The van der Waals surface area contributed by atoms with E-state index in [1.807, 2.05) is 0 Å². The number of hydrogen-bond donors (Lipinski definition) is 1. The lowest BCUT2D eigenvalue weighted by Gasteiger charge is -2.39. The Morgan fingerprint density at radius 1 is 1.09 bits per heavy atom. The molecular formula is C28H36N2O2. The largest absolute Gasteiger partial charge is 0.350 e. The smallest absolute Gasteiger partial charge is 0.222 e. The van der Waals surface area contributed by atoms with Crippen LogP contribution in [0, 0.1) is 10.8 Å². The van der Waals surface area contributed by atoms with Crippen molar-refractivity contribution in [3.63, 3.8) is 0 Å². The maximum absolute atomic E-state index is 13.4. The zero-order valence-electron chi connectivity index (χ0n) is 19.7. The molecule has 3 aliphatic rings. The van der Waals surface area contributed by atoms with Crippen LogP contribution in [0.4, 0.5) is 0 Å². The number of benzene rings is 2. The minimum atomic E-state index is -0.312. The average Bonchev–Trinajstić information content (AvgIpc) is 3.21. The average molecular weight is 433 g/mol. The molecule has 2 heterocycles. The van der Waals surface area contributed by atoms with E-state index in [9.17, 15) is 9.59 Å². The van der Waals surface area contributed by atoms with Gasteiger partial charge in [0, 0.05) is 31.0 Å². The van der Waals surface area contributed by atoms with Gasteiger partial charge >= 0.3 is 0 Å². The van der Waals surface area contributed by atoms with Crippen molar-refractivity contribution < 1.29 is 9.59 Å². The van der Waals surface area contributed by atoms with E-state index in [-0.39, 0.29) is 22.8 Å². The number of rotatable bonds is 5. The van der Waals surface area contributed by atoms with Crippen molar-refractivity contribution in [2.45, 2.75) is 83.7 Å². The topological polar surface area (TPSA) is 49.4 Å². The molecule has 0 aromatic heterocycles. The molecule has 170 valence electrons. The molecule has 3 fully saturated rings. The van der Waals surface area contributed by atoms with Crippen molar-refractivity contribution in [1.29, 1.82) is 0 Å². The molecule has 2 bridgehead atoms. The molecule has 2 aromatic carbocycles. The van der Waals surface area contributed by atoms with E-state index in [2.05, 4.69) is 73.5 Å². The second-order valence-electron chi connectivity index (χ2n) is 11.9. The Bertz CT molecular complexity index is 1060. The third-order valence-electron chi connectivity index (χ3n) is 8.14. The summed E-state index contributed by atoms with van der Waals surface area (Å²) in [6.07, 6.45) is 6.82. The molecule has 2 aliphatic heterocycles. The van der Waals surface area contributed by atoms with E-state index in [1.165, 1.54) is 22.8 Å². The number of hydrogen-bond acceptors (Lipinski definition) is 2. The monoisotopic (exact) mass is 432 g/mol. The summed E-state index contributed by atoms with van der Waals surface area (Å²) in [7, 11) is 0. The predicted octanol–water partition coefficient (Wildman–Crippen LogP) is 5.24. The van der Waals surface area contributed by atoms with Gasteiger partial charge in [-0.25, -0.2) is 0 Å². The Labute approximate surface area is 191 Å². The van der Waals surface area contributed by atoms with E-state index < -0.39 is 0 Å². The van der Waals surface area contributed by atoms with Crippen molar-refractivity contribution in [1.82, 2.24) is 10.2 Å². The molecule has 0 unspecified atom stereocenters. The van der Waals surface area contributed by atoms with E-state index in [4.69, 9.17) is 0 Å². The van der Waals surface area contributed by atoms with Gasteiger partial charge in [-0.15, -0.1) is 0 Å². The summed E-state index contributed by atoms with van der Waals surface area (Å²) in [6.45, 7) is 7.94. The third-order valence-corrected chi connectivity index (χ3v) is 8.14. The van der Waals surface area contributed by atoms with Gasteiger partial charge in [0.2, 0.25) is 11.8 Å². The van der Waals surface area contributed by atoms with Crippen LogP contribution in [0.2, 0.25) is 0 Å². The fraction of sp³-hybridized carbons (Fsp3) is 0.571. The molecule has 3 atom stereocenters. The molecule has 1 N–H and O–H groups in total. The summed E-state index contributed by atoms with van der Waals surface area (Å²) in [5.74, 6) is 0.389. The zero-order chi connectivity index (χ0) is 22.6. The Balaban J connectivity index is 1.30. The SMILES string of the molecule is CC1(C)C[C@H]2C[C@](C)(CN2C(=O)CC[C@@]2(Cc3ccc4ccccc4c3)CCC(=O)N2)C1. The fourth-order valence-electron chi connectivity index (χ4n) is 7.16. The van der Waals surface area contributed by atoms with Crippen molar-refractivity contribution in [3.8, 4) is 0 Å². The van der Waals surface area contributed by atoms with Crippen molar-refractivity contribution in [2.75, 3.05) is 6.54 Å². The Hall–Kier alpha value is -2.36. The highest BCUT2D eigenvalue weighted by atomic mass is 16.2. The predicted molar refractivity (Wildman–Crippen MR) is 128 cm³/mol. The molecule has 4 heteroatoms. The van der Waals surface area contributed by atoms with Gasteiger partial charge in [-0.2, -0.15) is 0 Å². The second-order valence-corrected chi connectivity index (χ2v) is 11.9. The number of nitrogens with one attached hydrogen (secondary N) is 1. The molecule has 1 aliphatic carbocycles. The minimum Gasteiger partial charge on any atom is -0.350 e. The molecule has 2 aromatic rings. The van der Waals surface area contributed by atoms with Gasteiger partial charge in [0.1, 0.15) is 0 Å². The molecule has 2 saturated heterocycles. The number of carbonyl (C=O) groups excluding carboxylic acids is 2. The minimum absolute atomic E-state index is 0.115. The highest BCUT2D eigenvalue weighted by Crippen LogP contribution is 2.52. The Morgan fingerprint density at radius 3 is 2.62 bits per heavy atom. The van der Waals surface area contributed by atoms with Gasteiger partial charge in [0.25, 0.3) is 0 Å². The normalized spacial score (nSPS) is 31.2. The van der Waals surface area contributed by atoms with Gasteiger partial charge in [-0.05, 0) is 65.7 Å². The Morgan fingerprint density at radius 2 is 1.88 bits per heavy atom. The lowest BCUT2D eigenvalue weighted by atomic mass is 9.65. The third kappa shape index (κ3) is 4.16. The summed E-state index contributed by atoms with van der Waals surface area (Å²) >= 11 is 0. The number of likely N-dealkylation sites (tertiary alicyclic amines) is 1. The first-order valence-electron chi connectivity index (χ1n) is 12.2. The molecule has 5 rings (SSSR count). The molecular weight excluding hydrogens is 396 g/mol. The van der Waals surface area contributed by atoms with Crippen LogP contribution in [0.15, 0.2) is 42.5 Å². The maximum Gasteiger partial charge on any atom is 0.222 e. The van der Waals surface area contributed by atoms with Crippen LogP contribution in [0.5, 0.6) is 0 Å². The maximum atomic E-state index is 13.4. The lowest BCUT2D eigenvalue weighted by Crippen LogP contribution is -2.45. The first-order chi connectivity index (χ1) is 15.1. The highest BCUT2D eigenvalue weighted by Gasteiger charge is 2.51. The summed E-state index contributed by atoms with van der Waals surface area (Å²) in [5, 5.41) is 5.72. The fourth-order valence-corrected chi connectivity index (χ4v) is 7.16. The van der Waals surface area contributed by atoms with Gasteiger partial charge in [-0.3, -0.25) is 9.59 Å². The summed E-state index contributed by atoms with van der Waals surface area (Å²) in [5.41, 5.74) is 1.48.